The largest absolute Gasteiger partial charge is 0.329 e. The quantitative estimate of drug-likeness (QED) is 0.671. The molecular formula is C15H15N3S. The van der Waals surface area contributed by atoms with E-state index in [2.05, 4.69) is 40.5 Å². The zero-order chi connectivity index (χ0) is 13.2. The van der Waals surface area contributed by atoms with Gasteiger partial charge in [-0.1, -0.05) is 32.0 Å². The number of benzene rings is 1. The molecule has 0 bridgehead atoms. The molecule has 19 heavy (non-hydrogen) atoms. The van der Waals surface area contributed by atoms with Crippen LogP contribution in [0.1, 0.15) is 26.3 Å². The number of H-pyrrole nitrogens is 1. The van der Waals surface area contributed by atoms with E-state index in [1.165, 1.54) is 17.3 Å². The van der Waals surface area contributed by atoms with Crippen molar-refractivity contribution in [3.8, 4) is 0 Å². The summed E-state index contributed by atoms with van der Waals surface area (Å²) in [5.74, 6) is 0. The second-order valence-electron chi connectivity index (χ2n) is 6.05. The molecule has 1 atom stereocenters. The zero-order valence-electron chi connectivity index (χ0n) is 11.0. The van der Waals surface area contributed by atoms with Gasteiger partial charge < -0.3 is 9.55 Å². The van der Waals surface area contributed by atoms with Crippen LogP contribution in [0.3, 0.4) is 0 Å². The number of rotatable bonds is 1. The first kappa shape index (κ1) is 11.2. The molecule has 2 heterocycles. The lowest BCUT2D eigenvalue weighted by Crippen LogP contribution is -2.00. The van der Waals surface area contributed by atoms with Crippen LogP contribution in [0.2, 0.25) is 0 Å². The SMILES string of the molecule is CC1(C)CC1n1c(=S)[nH]c2cnc3ccccc3c21. The third-order valence-electron chi connectivity index (χ3n) is 4.22. The molecule has 1 aliphatic carbocycles. The Labute approximate surface area is 116 Å². The van der Waals surface area contributed by atoms with Crippen LogP contribution in [0.15, 0.2) is 30.5 Å². The van der Waals surface area contributed by atoms with E-state index in [0.717, 1.165) is 15.8 Å². The first-order chi connectivity index (χ1) is 9.08. The molecule has 1 fully saturated rings. The summed E-state index contributed by atoms with van der Waals surface area (Å²) < 4.78 is 3.10. The Bertz CT molecular complexity index is 857. The average molecular weight is 269 g/mol. The van der Waals surface area contributed by atoms with E-state index in [1.807, 2.05) is 18.3 Å². The van der Waals surface area contributed by atoms with Gasteiger partial charge >= 0.3 is 0 Å². The van der Waals surface area contributed by atoms with Gasteiger partial charge in [0.1, 0.15) is 0 Å². The maximum Gasteiger partial charge on any atom is 0.178 e. The van der Waals surface area contributed by atoms with Crippen LogP contribution in [0.25, 0.3) is 21.9 Å². The Balaban J connectivity index is 2.15. The molecule has 4 rings (SSSR count). The number of aromatic nitrogens is 3. The third kappa shape index (κ3) is 1.49. The minimum absolute atomic E-state index is 0.345. The number of para-hydroxylation sites is 1. The highest BCUT2D eigenvalue weighted by molar-refractivity contribution is 7.71. The summed E-state index contributed by atoms with van der Waals surface area (Å²) in [6, 6.07) is 8.75. The van der Waals surface area contributed by atoms with Crippen molar-refractivity contribution in [1.29, 1.82) is 0 Å². The summed E-state index contributed by atoms with van der Waals surface area (Å²) in [7, 11) is 0. The van der Waals surface area contributed by atoms with Gasteiger partial charge in [-0.25, -0.2) is 0 Å². The molecule has 1 aliphatic rings. The second-order valence-corrected chi connectivity index (χ2v) is 6.43. The van der Waals surface area contributed by atoms with Gasteiger partial charge in [0.15, 0.2) is 4.77 Å². The molecule has 0 saturated heterocycles. The summed E-state index contributed by atoms with van der Waals surface area (Å²) in [5.41, 5.74) is 3.60. The van der Waals surface area contributed by atoms with Crippen molar-refractivity contribution in [2.45, 2.75) is 26.3 Å². The van der Waals surface area contributed by atoms with E-state index < -0.39 is 0 Å². The Morgan fingerprint density at radius 1 is 1.37 bits per heavy atom. The third-order valence-corrected chi connectivity index (χ3v) is 4.52. The van der Waals surface area contributed by atoms with E-state index in [-0.39, 0.29) is 0 Å². The monoisotopic (exact) mass is 269 g/mol. The molecule has 0 radical (unpaired) electrons. The van der Waals surface area contributed by atoms with Gasteiger partial charge in [-0.2, -0.15) is 0 Å². The van der Waals surface area contributed by atoms with Crippen LogP contribution in [0.5, 0.6) is 0 Å². The van der Waals surface area contributed by atoms with Crippen molar-refractivity contribution < 1.29 is 0 Å². The van der Waals surface area contributed by atoms with Crippen LogP contribution < -0.4 is 0 Å². The normalized spacial score (nSPS) is 21.1. The molecule has 1 aromatic carbocycles. The van der Waals surface area contributed by atoms with E-state index in [0.29, 0.717) is 11.5 Å². The molecule has 96 valence electrons. The van der Waals surface area contributed by atoms with Crippen molar-refractivity contribution in [1.82, 2.24) is 14.5 Å². The number of imidazole rings is 1. The first-order valence-corrected chi connectivity index (χ1v) is 6.97. The number of nitrogens with one attached hydrogen (secondary N) is 1. The predicted molar refractivity (Wildman–Crippen MR) is 79.9 cm³/mol. The summed E-state index contributed by atoms with van der Waals surface area (Å²) in [4.78, 5) is 7.78. The van der Waals surface area contributed by atoms with E-state index in [9.17, 15) is 0 Å². The van der Waals surface area contributed by atoms with E-state index in [1.54, 1.807) is 0 Å². The van der Waals surface area contributed by atoms with Gasteiger partial charge in [0.25, 0.3) is 0 Å². The Hall–Kier alpha value is -1.68. The molecule has 1 N–H and O–H groups in total. The van der Waals surface area contributed by atoms with Crippen molar-refractivity contribution in [2.75, 3.05) is 0 Å². The zero-order valence-corrected chi connectivity index (χ0v) is 11.8. The molecule has 1 saturated carbocycles. The molecule has 3 nitrogen and oxygen atoms in total. The number of fused-ring (bicyclic) bond motifs is 3. The van der Waals surface area contributed by atoms with Crippen molar-refractivity contribution in [2.24, 2.45) is 5.41 Å². The number of hydrogen-bond donors (Lipinski definition) is 1. The maximum atomic E-state index is 5.51. The average Bonchev–Trinajstić information content (AvgIpc) is 2.86. The maximum absolute atomic E-state index is 5.51. The van der Waals surface area contributed by atoms with Crippen LogP contribution in [0.4, 0.5) is 0 Å². The number of pyridine rings is 1. The second kappa shape index (κ2) is 3.45. The smallest absolute Gasteiger partial charge is 0.178 e. The van der Waals surface area contributed by atoms with Gasteiger partial charge in [-0.15, -0.1) is 0 Å². The van der Waals surface area contributed by atoms with Gasteiger partial charge in [-0.3, -0.25) is 4.98 Å². The van der Waals surface area contributed by atoms with E-state index >= 15 is 0 Å². The molecule has 0 spiro atoms. The number of nitrogens with zero attached hydrogens (tertiary/aromatic N) is 2. The molecule has 4 heteroatoms. The molecule has 3 aromatic rings. The molecule has 0 amide bonds. The van der Waals surface area contributed by atoms with Crippen molar-refractivity contribution in [3.05, 3.63) is 35.2 Å². The van der Waals surface area contributed by atoms with E-state index in [4.69, 9.17) is 12.2 Å². The fourth-order valence-corrected chi connectivity index (χ4v) is 3.26. The molecule has 0 aliphatic heterocycles. The van der Waals surface area contributed by atoms with Gasteiger partial charge in [-0.05, 0) is 30.1 Å². The standard InChI is InChI=1S/C15H15N3S/c1-15(2)7-12(15)18-13-9-5-3-4-6-10(9)16-8-11(13)17-14(18)19/h3-6,8,12H,7H2,1-2H3,(H,17,19). The molecular weight excluding hydrogens is 254 g/mol. The summed E-state index contributed by atoms with van der Waals surface area (Å²) in [6.45, 7) is 4.59. The number of aromatic amines is 1. The van der Waals surface area contributed by atoms with Crippen LogP contribution in [-0.2, 0) is 0 Å². The van der Waals surface area contributed by atoms with Crippen molar-refractivity contribution in [3.63, 3.8) is 0 Å². The Morgan fingerprint density at radius 3 is 2.84 bits per heavy atom. The Morgan fingerprint density at radius 2 is 2.11 bits per heavy atom. The van der Waals surface area contributed by atoms with Crippen LogP contribution >= 0.6 is 12.2 Å². The van der Waals surface area contributed by atoms with Gasteiger partial charge in [0.05, 0.1) is 22.7 Å². The lowest BCUT2D eigenvalue weighted by molar-refractivity contribution is 0.546. The van der Waals surface area contributed by atoms with Crippen molar-refractivity contribution >= 4 is 34.2 Å². The fraction of sp³-hybridized carbons (Fsp3) is 0.333. The van der Waals surface area contributed by atoms with Gasteiger partial charge in [0, 0.05) is 11.4 Å². The number of hydrogen-bond acceptors (Lipinski definition) is 2. The summed E-state index contributed by atoms with van der Waals surface area (Å²) in [6.07, 6.45) is 3.07. The van der Waals surface area contributed by atoms with Crippen LogP contribution in [0, 0.1) is 10.2 Å². The van der Waals surface area contributed by atoms with Gasteiger partial charge in [0.2, 0.25) is 0 Å². The lowest BCUT2D eigenvalue weighted by atomic mass is 10.1. The van der Waals surface area contributed by atoms with Crippen LogP contribution in [-0.4, -0.2) is 14.5 Å². The highest BCUT2D eigenvalue weighted by atomic mass is 32.1. The fourth-order valence-electron chi connectivity index (χ4n) is 2.93. The minimum atomic E-state index is 0.345. The topological polar surface area (TPSA) is 33.6 Å². The predicted octanol–water partition coefficient (Wildman–Crippen LogP) is 4.22. The highest BCUT2D eigenvalue weighted by Gasteiger charge is 2.48. The summed E-state index contributed by atoms with van der Waals surface area (Å²) >= 11 is 5.51. The molecule has 2 aromatic heterocycles. The lowest BCUT2D eigenvalue weighted by Gasteiger charge is -2.08. The first-order valence-electron chi connectivity index (χ1n) is 6.56. The Kier molecular flexibility index (Phi) is 2.03. The minimum Gasteiger partial charge on any atom is -0.329 e. The summed E-state index contributed by atoms with van der Waals surface area (Å²) in [5, 5.41) is 1.18. The molecule has 1 unspecified atom stereocenters. The highest BCUT2D eigenvalue weighted by Crippen LogP contribution is 2.56.